The van der Waals surface area contributed by atoms with E-state index in [0.717, 1.165) is 24.8 Å². The zero-order chi connectivity index (χ0) is 19.4. The van der Waals surface area contributed by atoms with Crippen LogP contribution in [0.2, 0.25) is 0 Å². The Hall–Kier alpha value is -1.56. The lowest BCUT2D eigenvalue weighted by Gasteiger charge is -2.25. The second-order valence-electron chi connectivity index (χ2n) is 7.92. The van der Waals surface area contributed by atoms with Crippen LogP contribution in [-0.2, 0) is 24.1 Å². The number of carbonyl (C=O) groups is 1. The van der Waals surface area contributed by atoms with Crippen LogP contribution in [0.3, 0.4) is 0 Å². The Bertz CT molecular complexity index is 659. The van der Waals surface area contributed by atoms with Gasteiger partial charge in [0, 0.05) is 19.6 Å². The lowest BCUT2D eigenvalue weighted by molar-refractivity contribution is -0.146. The summed E-state index contributed by atoms with van der Waals surface area (Å²) in [5, 5.41) is 0. The Morgan fingerprint density at radius 3 is 2.67 bits per heavy atom. The van der Waals surface area contributed by atoms with Crippen molar-refractivity contribution in [2.24, 2.45) is 5.92 Å². The second kappa shape index (κ2) is 8.63. The van der Waals surface area contributed by atoms with Gasteiger partial charge in [0.25, 0.3) is 0 Å². The van der Waals surface area contributed by atoms with Gasteiger partial charge in [0.2, 0.25) is 5.91 Å². The van der Waals surface area contributed by atoms with Crippen LogP contribution in [0.1, 0.15) is 42.9 Å². The number of carbonyl (C=O) groups excluding carboxylic acids is 1. The molecule has 0 N–H and O–H groups in total. The van der Waals surface area contributed by atoms with Crippen LogP contribution >= 0.6 is 0 Å². The first kappa shape index (κ1) is 20.2. The molecule has 150 valence electrons. The van der Waals surface area contributed by atoms with Gasteiger partial charge in [-0.3, -0.25) is 9.69 Å². The average molecular weight is 382 g/mol. The molecule has 0 saturated carbocycles. The summed E-state index contributed by atoms with van der Waals surface area (Å²) < 4.78 is 37.9. The van der Waals surface area contributed by atoms with Crippen LogP contribution in [0.4, 0.5) is 13.2 Å². The molecule has 1 amide bonds. The molecule has 0 aromatic heterocycles. The van der Waals surface area contributed by atoms with E-state index in [-0.39, 0.29) is 11.8 Å². The summed E-state index contributed by atoms with van der Waals surface area (Å²) in [6, 6.07) is 6.38. The number of benzene rings is 1. The third-order valence-corrected chi connectivity index (χ3v) is 5.77. The van der Waals surface area contributed by atoms with Gasteiger partial charge in [-0.05, 0) is 61.3 Å². The highest BCUT2D eigenvalue weighted by Gasteiger charge is 2.33. The van der Waals surface area contributed by atoms with Gasteiger partial charge in [-0.25, -0.2) is 0 Å². The van der Waals surface area contributed by atoms with Gasteiger partial charge < -0.3 is 4.90 Å². The fourth-order valence-corrected chi connectivity index (χ4v) is 4.32. The third kappa shape index (κ3) is 5.71. The molecule has 1 aromatic rings. The van der Waals surface area contributed by atoms with Crippen LogP contribution in [0, 0.1) is 5.92 Å². The summed E-state index contributed by atoms with van der Waals surface area (Å²) in [6.07, 6.45) is 1.67. The molecule has 2 aliphatic rings. The molecule has 3 nitrogen and oxygen atoms in total. The first-order chi connectivity index (χ1) is 12.8. The van der Waals surface area contributed by atoms with Crippen molar-refractivity contribution in [1.82, 2.24) is 9.80 Å². The monoisotopic (exact) mass is 382 g/mol. The van der Waals surface area contributed by atoms with Crippen LogP contribution in [0.5, 0.6) is 0 Å². The van der Waals surface area contributed by atoms with Crippen LogP contribution in [0.15, 0.2) is 18.2 Å². The van der Waals surface area contributed by atoms with Gasteiger partial charge in [0.1, 0.15) is 0 Å². The van der Waals surface area contributed by atoms with Gasteiger partial charge >= 0.3 is 6.18 Å². The van der Waals surface area contributed by atoms with Crippen molar-refractivity contribution < 1.29 is 18.0 Å². The normalized spacial score (nSPS) is 20.2. The highest BCUT2D eigenvalue weighted by atomic mass is 19.4. The highest BCUT2D eigenvalue weighted by Crippen LogP contribution is 2.24. The standard InChI is InChI=1S/C21H29F3N2O/c1-2-25(15-21(22,23)24)13-17-9-10-26(14-17)20(27)12-16-7-8-18-5-3-4-6-19(18)11-16/h7-8,11,17H,2-6,9-10,12-15H2,1H3/t17-/m0/s1. The van der Waals surface area contributed by atoms with Crippen molar-refractivity contribution >= 4 is 5.91 Å². The molecule has 0 radical (unpaired) electrons. The summed E-state index contributed by atoms with van der Waals surface area (Å²) in [5.41, 5.74) is 3.83. The van der Waals surface area contributed by atoms with Gasteiger partial charge in [-0.15, -0.1) is 0 Å². The minimum Gasteiger partial charge on any atom is -0.342 e. The number of nitrogens with zero attached hydrogens (tertiary/aromatic N) is 2. The fraction of sp³-hybridized carbons (Fsp3) is 0.667. The second-order valence-corrected chi connectivity index (χ2v) is 7.92. The molecule has 0 unspecified atom stereocenters. The SMILES string of the molecule is CCN(C[C@@H]1CCN(C(=O)Cc2ccc3c(c2)CCCC3)C1)CC(F)(F)F. The predicted octanol–water partition coefficient (Wildman–Crippen LogP) is 3.84. The Labute approximate surface area is 159 Å². The Morgan fingerprint density at radius 1 is 1.22 bits per heavy atom. The van der Waals surface area contributed by atoms with E-state index in [1.165, 1.54) is 28.9 Å². The molecular weight excluding hydrogens is 353 g/mol. The highest BCUT2D eigenvalue weighted by molar-refractivity contribution is 5.79. The first-order valence-corrected chi connectivity index (χ1v) is 10.0. The molecule has 0 bridgehead atoms. The molecule has 1 atom stereocenters. The molecule has 3 rings (SSSR count). The molecule has 27 heavy (non-hydrogen) atoms. The molecule has 6 heteroatoms. The van der Waals surface area contributed by atoms with Crippen molar-refractivity contribution in [2.75, 3.05) is 32.7 Å². The Morgan fingerprint density at radius 2 is 1.96 bits per heavy atom. The van der Waals surface area contributed by atoms with E-state index in [0.29, 0.717) is 32.6 Å². The topological polar surface area (TPSA) is 23.6 Å². The Kier molecular flexibility index (Phi) is 6.45. The number of likely N-dealkylation sites (tertiary alicyclic amines) is 1. The quantitative estimate of drug-likeness (QED) is 0.746. The lowest BCUT2D eigenvalue weighted by atomic mass is 9.90. The zero-order valence-electron chi connectivity index (χ0n) is 16.0. The molecule has 1 heterocycles. The minimum atomic E-state index is -4.17. The zero-order valence-corrected chi connectivity index (χ0v) is 16.0. The van der Waals surface area contributed by atoms with Gasteiger partial charge in [0.05, 0.1) is 13.0 Å². The van der Waals surface area contributed by atoms with Crippen LogP contribution < -0.4 is 0 Å². The van der Waals surface area contributed by atoms with Crippen molar-refractivity contribution in [3.05, 3.63) is 34.9 Å². The number of fused-ring (bicyclic) bond motifs is 1. The molecule has 1 aliphatic heterocycles. The van der Waals surface area contributed by atoms with Crippen LogP contribution in [0.25, 0.3) is 0 Å². The van der Waals surface area contributed by atoms with E-state index in [2.05, 4.69) is 18.2 Å². The Balaban J connectivity index is 1.51. The number of hydrogen-bond donors (Lipinski definition) is 0. The van der Waals surface area contributed by atoms with Gasteiger partial charge in [-0.2, -0.15) is 13.2 Å². The largest absolute Gasteiger partial charge is 0.401 e. The molecule has 1 aliphatic carbocycles. The number of alkyl halides is 3. The van der Waals surface area contributed by atoms with E-state index in [9.17, 15) is 18.0 Å². The summed E-state index contributed by atoms with van der Waals surface area (Å²) in [6.45, 7) is 2.87. The summed E-state index contributed by atoms with van der Waals surface area (Å²) in [4.78, 5) is 15.9. The summed E-state index contributed by atoms with van der Waals surface area (Å²) in [5.74, 6) is 0.215. The summed E-state index contributed by atoms with van der Waals surface area (Å²) in [7, 11) is 0. The number of amides is 1. The number of aryl methyl sites for hydroxylation is 2. The van der Waals surface area contributed by atoms with Crippen molar-refractivity contribution in [3.63, 3.8) is 0 Å². The number of rotatable bonds is 6. The molecular formula is C21H29F3N2O. The van der Waals surface area contributed by atoms with Gasteiger partial charge in [0.15, 0.2) is 0 Å². The molecule has 0 spiro atoms. The fourth-order valence-electron chi connectivity index (χ4n) is 4.32. The average Bonchev–Trinajstić information content (AvgIpc) is 3.08. The van der Waals surface area contributed by atoms with Gasteiger partial charge in [-0.1, -0.05) is 25.1 Å². The molecule has 1 fully saturated rings. The van der Waals surface area contributed by atoms with Crippen molar-refractivity contribution in [2.45, 2.75) is 51.6 Å². The number of hydrogen-bond acceptors (Lipinski definition) is 2. The van der Waals surface area contributed by atoms with Crippen molar-refractivity contribution in [1.29, 1.82) is 0 Å². The maximum absolute atomic E-state index is 12.6. The van der Waals surface area contributed by atoms with Crippen LogP contribution in [-0.4, -0.2) is 54.6 Å². The molecule has 1 aromatic carbocycles. The predicted molar refractivity (Wildman–Crippen MR) is 99.6 cm³/mol. The minimum absolute atomic E-state index is 0.0899. The lowest BCUT2D eigenvalue weighted by Crippen LogP contribution is -2.38. The summed E-state index contributed by atoms with van der Waals surface area (Å²) >= 11 is 0. The van der Waals surface area contributed by atoms with E-state index in [4.69, 9.17) is 0 Å². The molecule has 1 saturated heterocycles. The maximum Gasteiger partial charge on any atom is 0.401 e. The first-order valence-electron chi connectivity index (χ1n) is 10.0. The van der Waals surface area contributed by atoms with Crippen molar-refractivity contribution in [3.8, 4) is 0 Å². The van der Waals surface area contributed by atoms with E-state index >= 15 is 0 Å². The van der Waals surface area contributed by atoms with E-state index < -0.39 is 12.7 Å². The van der Waals surface area contributed by atoms with E-state index in [1.807, 2.05) is 4.90 Å². The maximum atomic E-state index is 12.6. The number of halogens is 3. The smallest absolute Gasteiger partial charge is 0.342 e. The third-order valence-electron chi connectivity index (χ3n) is 5.77. The van der Waals surface area contributed by atoms with E-state index in [1.54, 1.807) is 6.92 Å².